The summed E-state index contributed by atoms with van der Waals surface area (Å²) in [6, 6.07) is 1.95. The predicted molar refractivity (Wildman–Crippen MR) is 81.0 cm³/mol. The lowest BCUT2D eigenvalue weighted by molar-refractivity contribution is -0.141. The van der Waals surface area contributed by atoms with Crippen LogP contribution in [0.3, 0.4) is 0 Å². The molecule has 0 fully saturated rings. The number of aromatic nitrogens is 2. The van der Waals surface area contributed by atoms with Crippen LogP contribution in [-0.2, 0) is 27.1 Å². The van der Waals surface area contributed by atoms with Crippen LogP contribution < -0.4 is 0 Å². The summed E-state index contributed by atoms with van der Waals surface area (Å²) in [4.78, 5) is 11.4. The standard InChI is InChI=1S/C14H26N2O3Si/c1-11-8-12(16(15-11)9-13(17)18-5)10-19-20(6,7)14(2,3)4/h8H,9-10H2,1-7H3. The Labute approximate surface area is 122 Å². The van der Waals surface area contributed by atoms with Crippen LogP contribution in [0.1, 0.15) is 32.2 Å². The van der Waals surface area contributed by atoms with Gasteiger partial charge in [-0.15, -0.1) is 0 Å². The van der Waals surface area contributed by atoms with Crippen LogP contribution in [0.4, 0.5) is 0 Å². The first kappa shape index (κ1) is 16.9. The molecule has 1 aromatic heterocycles. The quantitative estimate of drug-likeness (QED) is 0.619. The minimum atomic E-state index is -1.81. The van der Waals surface area contributed by atoms with Crippen LogP contribution in [0.5, 0.6) is 0 Å². The SMILES string of the molecule is COC(=O)Cn1nc(C)cc1CO[Si](C)(C)C(C)(C)C. The maximum absolute atomic E-state index is 11.4. The van der Waals surface area contributed by atoms with Gasteiger partial charge in [-0.3, -0.25) is 9.48 Å². The molecule has 0 aromatic carbocycles. The number of carbonyl (C=O) groups excluding carboxylic acids is 1. The summed E-state index contributed by atoms with van der Waals surface area (Å²) in [7, 11) is -0.427. The third-order valence-corrected chi connectivity index (χ3v) is 8.36. The maximum atomic E-state index is 11.4. The molecule has 0 aliphatic heterocycles. The predicted octanol–water partition coefficient (Wildman–Crippen LogP) is 2.89. The van der Waals surface area contributed by atoms with E-state index in [0.29, 0.717) is 6.61 Å². The summed E-state index contributed by atoms with van der Waals surface area (Å²) in [5.74, 6) is -0.304. The summed E-state index contributed by atoms with van der Waals surface area (Å²) in [6.07, 6.45) is 0. The lowest BCUT2D eigenvalue weighted by Crippen LogP contribution is -2.40. The van der Waals surface area contributed by atoms with E-state index in [2.05, 4.69) is 43.7 Å². The molecule has 1 aromatic rings. The summed E-state index contributed by atoms with van der Waals surface area (Å²) in [6.45, 7) is 13.5. The van der Waals surface area contributed by atoms with E-state index < -0.39 is 8.32 Å². The molecule has 0 spiro atoms. The van der Waals surface area contributed by atoms with Crippen molar-refractivity contribution in [2.24, 2.45) is 0 Å². The first-order chi connectivity index (χ1) is 9.06. The van der Waals surface area contributed by atoms with Crippen LogP contribution >= 0.6 is 0 Å². The number of nitrogens with zero attached hydrogens (tertiary/aromatic N) is 2. The van der Waals surface area contributed by atoms with Gasteiger partial charge in [0.15, 0.2) is 8.32 Å². The number of esters is 1. The fourth-order valence-electron chi connectivity index (χ4n) is 1.51. The van der Waals surface area contributed by atoms with Crippen molar-refractivity contribution in [3.05, 3.63) is 17.5 Å². The molecule has 0 radical (unpaired) electrons. The van der Waals surface area contributed by atoms with E-state index in [4.69, 9.17) is 4.43 Å². The minimum Gasteiger partial charge on any atom is -0.468 e. The molecular weight excluding hydrogens is 272 g/mol. The average molecular weight is 298 g/mol. The molecule has 0 atom stereocenters. The molecule has 6 heteroatoms. The van der Waals surface area contributed by atoms with Gasteiger partial charge in [0.2, 0.25) is 0 Å². The van der Waals surface area contributed by atoms with Crippen molar-refractivity contribution in [3.8, 4) is 0 Å². The van der Waals surface area contributed by atoms with Crippen LogP contribution in [0.2, 0.25) is 18.1 Å². The number of hydrogen-bond acceptors (Lipinski definition) is 4. The Morgan fingerprint density at radius 1 is 1.40 bits per heavy atom. The lowest BCUT2D eigenvalue weighted by atomic mass is 10.2. The molecule has 0 saturated carbocycles. The van der Waals surface area contributed by atoms with Crippen molar-refractivity contribution < 1.29 is 14.0 Å². The first-order valence-electron chi connectivity index (χ1n) is 6.81. The van der Waals surface area contributed by atoms with Gasteiger partial charge in [-0.1, -0.05) is 20.8 Å². The number of rotatable bonds is 5. The van der Waals surface area contributed by atoms with Crippen LogP contribution in [0.25, 0.3) is 0 Å². The van der Waals surface area contributed by atoms with Gasteiger partial charge in [-0.2, -0.15) is 5.10 Å². The van der Waals surface area contributed by atoms with Crippen molar-refractivity contribution >= 4 is 14.3 Å². The highest BCUT2D eigenvalue weighted by molar-refractivity contribution is 6.74. The molecule has 114 valence electrons. The summed E-state index contributed by atoms with van der Waals surface area (Å²) >= 11 is 0. The molecule has 0 aliphatic rings. The van der Waals surface area contributed by atoms with Gasteiger partial charge in [0.1, 0.15) is 6.54 Å². The molecule has 20 heavy (non-hydrogen) atoms. The molecule has 1 rings (SSSR count). The second kappa shape index (κ2) is 6.09. The highest BCUT2D eigenvalue weighted by Crippen LogP contribution is 2.37. The molecule has 5 nitrogen and oxygen atoms in total. The van der Waals surface area contributed by atoms with E-state index >= 15 is 0 Å². The Morgan fingerprint density at radius 3 is 2.50 bits per heavy atom. The van der Waals surface area contributed by atoms with Crippen molar-refractivity contribution in [2.75, 3.05) is 7.11 Å². The second-order valence-electron chi connectivity index (χ2n) is 6.56. The Bertz CT molecular complexity index is 475. The Morgan fingerprint density at radius 2 is 2.00 bits per heavy atom. The molecule has 0 bridgehead atoms. The number of aryl methyl sites for hydroxylation is 1. The van der Waals surface area contributed by atoms with Crippen molar-refractivity contribution in [1.29, 1.82) is 0 Å². The monoisotopic (exact) mass is 298 g/mol. The first-order valence-corrected chi connectivity index (χ1v) is 9.72. The molecule has 1 heterocycles. The van der Waals surface area contributed by atoms with Gasteiger partial charge in [-0.25, -0.2) is 0 Å². The van der Waals surface area contributed by atoms with E-state index in [1.165, 1.54) is 7.11 Å². The summed E-state index contributed by atoms with van der Waals surface area (Å²) < 4.78 is 12.5. The average Bonchev–Trinajstić information content (AvgIpc) is 2.65. The minimum absolute atomic E-state index is 0.126. The molecular formula is C14H26N2O3Si. The molecule has 0 aliphatic carbocycles. The van der Waals surface area contributed by atoms with Gasteiger partial charge >= 0.3 is 5.97 Å². The number of carbonyl (C=O) groups is 1. The zero-order chi connectivity index (χ0) is 15.6. The largest absolute Gasteiger partial charge is 0.468 e. The summed E-state index contributed by atoms with van der Waals surface area (Å²) in [5, 5.41) is 4.47. The molecule has 0 N–H and O–H groups in total. The number of hydrogen-bond donors (Lipinski definition) is 0. The van der Waals surface area contributed by atoms with Crippen molar-refractivity contribution in [1.82, 2.24) is 9.78 Å². The smallest absolute Gasteiger partial charge is 0.327 e. The van der Waals surface area contributed by atoms with Gasteiger partial charge in [-0.05, 0) is 31.1 Å². The molecule has 0 amide bonds. The maximum Gasteiger partial charge on any atom is 0.327 e. The molecule has 0 unspecified atom stereocenters. The third kappa shape index (κ3) is 4.18. The zero-order valence-electron chi connectivity index (χ0n) is 13.6. The van der Waals surface area contributed by atoms with E-state index in [1.54, 1.807) is 4.68 Å². The van der Waals surface area contributed by atoms with E-state index in [0.717, 1.165) is 11.4 Å². The Balaban J connectivity index is 2.80. The second-order valence-corrected chi connectivity index (χ2v) is 11.4. The Kier molecular flexibility index (Phi) is 5.15. The van der Waals surface area contributed by atoms with Gasteiger partial charge in [0.05, 0.1) is 25.1 Å². The number of methoxy groups -OCH3 is 1. The molecule has 0 saturated heterocycles. The zero-order valence-corrected chi connectivity index (χ0v) is 14.6. The topological polar surface area (TPSA) is 53.4 Å². The van der Waals surface area contributed by atoms with Crippen molar-refractivity contribution in [3.63, 3.8) is 0 Å². The van der Waals surface area contributed by atoms with Crippen molar-refractivity contribution in [2.45, 2.75) is 59.0 Å². The Hall–Kier alpha value is -1.14. The summed E-state index contributed by atoms with van der Waals surface area (Å²) in [5.41, 5.74) is 1.79. The third-order valence-electron chi connectivity index (χ3n) is 3.88. The lowest BCUT2D eigenvalue weighted by Gasteiger charge is -2.36. The number of ether oxygens (including phenoxy) is 1. The van der Waals surface area contributed by atoms with Crippen LogP contribution in [0.15, 0.2) is 6.07 Å². The highest BCUT2D eigenvalue weighted by Gasteiger charge is 2.37. The van der Waals surface area contributed by atoms with E-state index in [9.17, 15) is 4.79 Å². The van der Waals surface area contributed by atoms with Gasteiger partial charge in [0, 0.05) is 0 Å². The van der Waals surface area contributed by atoms with E-state index in [1.807, 2.05) is 13.0 Å². The van der Waals surface area contributed by atoms with Gasteiger partial charge in [0.25, 0.3) is 0 Å². The fraction of sp³-hybridized carbons (Fsp3) is 0.714. The van der Waals surface area contributed by atoms with Crippen LogP contribution in [0, 0.1) is 6.92 Å². The highest BCUT2D eigenvalue weighted by atomic mass is 28.4. The normalized spacial score (nSPS) is 12.6. The van der Waals surface area contributed by atoms with E-state index in [-0.39, 0.29) is 17.6 Å². The van der Waals surface area contributed by atoms with Gasteiger partial charge < -0.3 is 9.16 Å². The van der Waals surface area contributed by atoms with Crippen LogP contribution in [-0.4, -0.2) is 31.2 Å². The fourth-order valence-corrected chi connectivity index (χ4v) is 2.45.